The molecule has 0 aliphatic rings. The quantitative estimate of drug-likeness (QED) is 0.435. The van der Waals surface area contributed by atoms with Crippen molar-refractivity contribution in [3.63, 3.8) is 0 Å². The average Bonchev–Trinajstić information content (AvgIpc) is 2.33. The Morgan fingerprint density at radius 1 is 1.39 bits per heavy atom. The SMILES string of the molecule is CCOCCC(=O)CC(=O)c1ccc(F)c(Cl)c1. The highest BCUT2D eigenvalue weighted by Gasteiger charge is 2.13. The Morgan fingerprint density at radius 3 is 2.72 bits per heavy atom. The molecule has 3 nitrogen and oxygen atoms in total. The van der Waals surface area contributed by atoms with Crippen LogP contribution in [0.5, 0.6) is 0 Å². The van der Waals surface area contributed by atoms with Gasteiger partial charge in [-0.05, 0) is 25.1 Å². The maximum absolute atomic E-state index is 12.9. The maximum Gasteiger partial charge on any atom is 0.170 e. The summed E-state index contributed by atoms with van der Waals surface area (Å²) in [7, 11) is 0. The lowest BCUT2D eigenvalue weighted by atomic mass is 10.0. The van der Waals surface area contributed by atoms with E-state index in [9.17, 15) is 14.0 Å². The van der Waals surface area contributed by atoms with Crippen LogP contribution in [0.1, 0.15) is 30.1 Å². The van der Waals surface area contributed by atoms with Crippen molar-refractivity contribution in [2.45, 2.75) is 19.8 Å². The molecule has 0 aromatic heterocycles. The van der Waals surface area contributed by atoms with Gasteiger partial charge in [0.2, 0.25) is 0 Å². The van der Waals surface area contributed by atoms with E-state index in [1.54, 1.807) is 0 Å². The summed E-state index contributed by atoms with van der Waals surface area (Å²) >= 11 is 5.56. The number of ether oxygens (including phenoxy) is 1. The highest BCUT2D eigenvalue weighted by atomic mass is 35.5. The van der Waals surface area contributed by atoms with Gasteiger partial charge in [0.15, 0.2) is 5.78 Å². The summed E-state index contributed by atoms with van der Waals surface area (Å²) in [6, 6.07) is 3.66. The number of carbonyl (C=O) groups is 2. The van der Waals surface area contributed by atoms with Gasteiger partial charge in [-0.3, -0.25) is 9.59 Å². The Hall–Kier alpha value is -1.26. The Labute approximate surface area is 110 Å². The molecule has 1 aromatic carbocycles. The van der Waals surface area contributed by atoms with Gasteiger partial charge >= 0.3 is 0 Å². The number of carbonyl (C=O) groups excluding carboxylic acids is 2. The van der Waals surface area contributed by atoms with Crippen LogP contribution in [0.4, 0.5) is 4.39 Å². The van der Waals surface area contributed by atoms with Gasteiger partial charge in [0.05, 0.1) is 18.1 Å². The number of hydrogen-bond acceptors (Lipinski definition) is 3. The fraction of sp³-hybridized carbons (Fsp3) is 0.385. The van der Waals surface area contributed by atoms with E-state index in [0.717, 1.165) is 6.07 Å². The van der Waals surface area contributed by atoms with Gasteiger partial charge in [0, 0.05) is 18.6 Å². The number of rotatable bonds is 7. The average molecular weight is 273 g/mol. The molecule has 0 radical (unpaired) electrons. The number of ketones is 2. The highest BCUT2D eigenvalue weighted by molar-refractivity contribution is 6.31. The van der Waals surface area contributed by atoms with Crippen LogP contribution >= 0.6 is 11.6 Å². The van der Waals surface area contributed by atoms with E-state index in [0.29, 0.717) is 13.2 Å². The molecule has 1 rings (SSSR count). The van der Waals surface area contributed by atoms with Crippen molar-refractivity contribution in [1.82, 2.24) is 0 Å². The first-order chi connectivity index (χ1) is 8.54. The summed E-state index contributed by atoms with van der Waals surface area (Å²) in [6.07, 6.45) is -0.0104. The summed E-state index contributed by atoms with van der Waals surface area (Å²) in [4.78, 5) is 23.2. The number of Topliss-reactive ketones (excluding diaryl/α,β-unsaturated/α-hetero) is 2. The Morgan fingerprint density at radius 2 is 2.11 bits per heavy atom. The van der Waals surface area contributed by atoms with Crippen LogP contribution in [0.15, 0.2) is 18.2 Å². The molecule has 18 heavy (non-hydrogen) atoms. The lowest BCUT2D eigenvalue weighted by molar-refractivity contribution is -0.119. The highest BCUT2D eigenvalue weighted by Crippen LogP contribution is 2.17. The predicted octanol–water partition coefficient (Wildman–Crippen LogP) is 3.05. The van der Waals surface area contributed by atoms with Crippen molar-refractivity contribution in [3.05, 3.63) is 34.6 Å². The zero-order valence-corrected chi connectivity index (χ0v) is 10.8. The molecule has 1 aromatic rings. The standard InChI is InChI=1S/C13H14ClFO3/c1-2-18-6-5-10(16)8-13(17)9-3-4-12(15)11(14)7-9/h3-4,7H,2,5-6,8H2,1H3. The number of halogens is 2. The molecule has 0 heterocycles. The first kappa shape index (κ1) is 14.8. The number of benzene rings is 1. The summed E-state index contributed by atoms with van der Waals surface area (Å²) in [5, 5.41) is -0.123. The van der Waals surface area contributed by atoms with E-state index in [1.807, 2.05) is 6.92 Å². The topological polar surface area (TPSA) is 43.4 Å². The maximum atomic E-state index is 12.9. The van der Waals surface area contributed by atoms with Crippen molar-refractivity contribution >= 4 is 23.2 Å². The van der Waals surface area contributed by atoms with Gasteiger partial charge in [-0.15, -0.1) is 0 Å². The molecule has 0 N–H and O–H groups in total. The van der Waals surface area contributed by atoms with Gasteiger partial charge in [-0.25, -0.2) is 4.39 Å². The van der Waals surface area contributed by atoms with Crippen molar-refractivity contribution in [2.24, 2.45) is 0 Å². The largest absolute Gasteiger partial charge is 0.381 e. The fourth-order valence-corrected chi connectivity index (χ4v) is 1.55. The lowest BCUT2D eigenvalue weighted by Gasteiger charge is -2.03. The zero-order valence-electron chi connectivity index (χ0n) is 10.0. The van der Waals surface area contributed by atoms with E-state index in [4.69, 9.17) is 16.3 Å². The van der Waals surface area contributed by atoms with E-state index < -0.39 is 5.82 Å². The minimum absolute atomic E-state index is 0.123. The summed E-state index contributed by atoms with van der Waals surface area (Å²) in [5.41, 5.74) is 0.242. The molecule has 5 heteroatoms. The van der Waals surface area contributed by atoms with E-state index in [2.05, 4.69) is 0 Å². The molecule has 0 atom stereocenters. The molecular formula is C13H14ClFO3. The van der Waals surface area contributed by atoms with Gasteiger partial charge in [0.25, 0.3) is 0 Å². The molecule has 0 amide bonds. The van der Waals surface area contributed by atoms with Crippen LogP contribution in [0.2, 0.25) is 5.02 Å². The molecule has 0 saturated carbocycles. The minimum Gasteiger partial charge on any atom is -0.381 e. The fourth-order valence-electron chi connectivity index (χ4n) is 1.37. The molecule has 0 saturated heterocycles. The van der Waals surface area contributed by atoms with E-state index >= 15 is 0 Å². The van der Waals surface area contributed by atoms with Crippen LogP contribution in [0, 0.1) is 5.82 Å². The zero-order chi connectivity index (χ0) is 13.5. The second-order valence-corrected chi connectivity index (χ2v) is 4.12. The third kappa shape index (κ3) is 4.55. The van der Waals surface area contributed by atoms with Gasteiger partial charge in [0.1, 0.15) is 11.6 Å². The monoisotopic (exact) mass is 272 g/mol. The molecule has 0 bridgehead atoms. The molecule has 98 valence electrons. The molecule has 0 fully saturated rings. The third-order valence-electron chi connectivity index (χ3n) is 2.33. The molecule has 0 unspecified atom stereocenters. The molecular weight excluding hydrogens is 259 g/mol. The molecule has 0 spiro atoms. The van der Waals surface area contributed by atoms with Crippen molar-refractivity contribution < 1.29 is 18.7 Å². The third-order valence-corrected chi connectivity index (χ3v) is 2.62. The Bertz CT molecular complexity index is 446. The van der Waals surface area contributed by atoms with E-state index in [1.165, 1.54) is 12.1 Å². The first-order valence-electron chi connectivity index (χ1n) is 5.62. The van der Waals surface area contributed by atoms with Crippen molar-refractivity contribution in [3.8, 4) is 0 Å². The minimum atomic E-state index is -0.587. The van der Waals surface area contributed by atoms with Crippen LogP contribution < -0.4 is 0 Å². The predicted molar refractivity (Wildman–Crippen MR) is 66.5 cm³/mol. The van der Waals surface area contributed by atoms with Crippen LogP contribution in [0.3, 0.4) is 0 Å². The second-order valence-electron chi connectivity index (χ2n) is 3.71. The smallest absolute Gasteiger partial charge is 0.170 e. The van der Waals surface area contributed by atoms with Crippen molar-refractivity contribution in [1.29, 1.82) is 0 Å². The lowest BCUT2D eigenvalue weighted by Crippen LogP contribution is -2.10. The summed E-state index contributed by atoms with van der Waals surface area (Å²) < 4.78 is 17.9. The van der Waals surface area contributed by atoms with E-state index in [-0.39, 0.29) is 35.0 Å². The molecule has 0 aliphatic heterocycles. The second kappa shape index (κ2) is 7.24. The first-order valence-corrected chi connectivity index (χ1v) is 6.00. The molecule has 0 aliphatic carbocycles. The van der Waals surface area contributed by atoms with Gasteiger partial charge in [-0.1, -0.05) is 11.6 Å². The van der Waals surface area contributed by atoms with Crippen LogP contribution in [-0.4, -0.2) is 24.8 Å². The number of hydrogen-bond donors (Lipinski definition) is 0. The Balaban J connectivity index is 2.54. The van der Waals surface area contributed by atoms with Crippen LogP contribution in [0.25, 0.3) is 0 Å². The van der Waals surface area contributed by atoms with Crippen molar-refractivity contribution in [2.75, 3.05) is 13.2 Å². The van der Waals surface area contributed by atoms with Crippen LogP contribution in [-0.2, 0) is 9.53 Å². The van der Waals surface area contributed by atoms with Gasteiger partial charge < -0.3 is 4.74 Å². The summed E-state index contributed by atoms with van der Waals surface area (Å²) in [6.45, 7) is 2.68. The summed E-state index contributed by atoms with van der Waals surface area (Å²) in [5.74, 6) is -1.15. The van der Waals surface area contributed by atoms with Gasteiger partial charge in [-0.2, -0.15) is 0 Å². The normalized spacial score (nSPS) is 10.4. The Kier molecular flexibility index (Phi) is 5.95.